The zero-order chi connectivity index (χ0) is 27.5. The number of carbonyl (C=O) groups is 1. The molecule has 2 aromatic carbocycles. The van der Waals surface area contributed by atoms with Crippen LogP contribution < -0.4 is 15.5 Å². The molecule has 3 aliphatic rings. The van der Waals surface area contributed by atoms with E-state index in [9.17, 15) is 4.79 Å². The second-order valence-corrected chi connectivity index (χ2v) is 10.3. The number of H-pyrrole nitrogens is 1. The van der Waals surface area contributed by atoms with Gasteiger partial charge in [0.05, 0.1) is 42.8 Å². The van der Waals surface area contributed by atoms with E-state index in [2.05, 4.69) is 25.8 Å². The average molecular weight is 565 g/mol. The molecular formula is C29H33ClN6O4. The van der Waals surface area contributed by atoms with Gasteiger partial charge in [-0.15, -0.1) is 0 Å². The fraction of sp³-hybridized carbons (Fsp3) is 0.379. The maximum Gasteiger partial charge on any atom is 0.333 e. The predicted octanol–water partition coefficient (Wildman–Crippen LogP) is 4.24. The Morgan fingerprint density at radius 2 is 1.85 bits per heavy atom. The third-order valence-electron chi connectivity index (χ3n) is 7.42. The molecule has 1 aromatic heterocycles. The molecule has 0 bridgehead atoms. The number of halogens is 1. The number of hydrogen-bond acceptors (Lipinski definition) is 7. The summed E-state index contributed by atoms with van der Waals surface area (Å²) in [6.45, 7) is 9.31. The van der Waals surface area contributed by atoms with Gasteiger partial charge in [0, 0.05) is 55.0 Å². The number of aromatic nitrogens is 2. The molecule has 3 heterocycles. The van der Waals surface area contributed by atoms with Crippen molar-refractivity contribution in [3.63, 3.8) is 0 Å². The summed E-state index contributed by atoms with van der Waals surface area (Å²) in [5.41, 5.74) is 9.96. The first-order chi connectivity index (χ1) is 19.6. The summed E-state index contributed by atoms with van der Waals surface area (Å²) in [5, 5.41) is 13.3. The zero-order valence-corrected chi connectivity index (χ0v) is 23.2. The Bertz CT molecular complexity index is 1410. The summed E-state index contributed by atoms with van der Waals surface area (Å²) in [7, 11) is 0. The lowest BCUT2D eigenvalue weighted by molar-refractivity contribution is 0.0207. The van der Waals surface area contributed by atoms with Crippen LogP contribution >= 0.6 is 11.6 Å². The Morgan fingerprint density at radius 1 is 1.07 bits per heavy atom. The Kier molecular flexibility index (Phi) is 8.03. The number of amides is 2. The first kappa shape index (κ1) is 26.8. The molecule has 0 saturated carbocycles. The molecule has 6 rings (SSSR count). The largest absolute Gasteiger partial charge is 0.492 e. The van der Waals surface area contributed by atoms with E-state index < -0.39 is 0 Å². The van der Waals surface area contributed by atoms with E-state index in [1.165, 1.54) is 0 Å². The molecule has 2 saturated heterocycles. The van der Waals surface area contributed by atoms with Gasteiger partial charge < -0.3 is 19.5 Å². The number of carbonyl (C=O) groups excluding carboxylic acids is 1. The third kappa shape index (κ3) is 5.45. The molecule has 40 heavy (non-hydrogen) atoms. The number of fused-ring (bicyclic) bond motifs is 3. The number of allylic oxidation sites excluding steroid dienone is 1. The number of urea groups is 1. The van der Waals surface area contributed by atoms with Crippen molar-refractivity contribution >= 4 is 28.9 Å². The fourth-order valence-corrected chi connectivity index (χ4v) is 5.69. The number of aromatic amines is 1. The van der Waals surface area contributed by atoms with Crippen LogP contribution in [0.5, 0.6) is 5.75 Å². The lowest BCUT2D eigenvalue weighted by atomic mass is 9.99. The minimum absolute atomic E-state index is 0.288. The van der Waals surface area contributed by atoms with E-state index in [-0.39, 0.29) is 6.03 Å². The van der Waals surface area contributed by atoms with E-state index in [0.717, 1.165) is 83.5 Å². The normalized spacial score (nSPS) is 18.4. The van der Waals surface area contributed by atoms with Crippen LogP contribution in [0.3, 0.4) is 0 Å². The number of nitrogens with zero attached hydrogens (tertiary/aromatic N) is 3. The number of hydrazine groups is 1. The molecule has 0 atom stereocenters. The summed E-state index contributed by atoms with van der Waals surface area (Å²) in [6.07, 6.45) is 2.05. The monoisotopic (exact) mass is 564 g/mol. The van der Waals surface area contributed by atoms with Crippen molar-refractivity contribution in [1.82, 2.24) is 25.5 Å². The molecule has 2 fully saturated rings. The number of morpholine rings is 2. The first-order valence-electron chi connectivity index (χ1n) is 13.6. The lowest BCUT2D eigenvalue weighted by Gasteiger charge is -2.27. The van der Waals surface area contributed by atoms with E-state index in [1.807, 2.05) is 54.4 Å². The Hall–Kier alpha value is -3.41. The summed E-state index contributed by atoms with van der Waals surface area (Å²) in [6, 6.07) is 11.3. The van der Waals surface area contributed by atoms with Gasteiger partial charge in [0.2, 0.25) is 0 Å². The molecular weight excluding hydrogens is 532 g/mol. The maximum atomic E-state index is 12.8. The summed E-state index contributed by atoms with van der Waals surface area (Å²) < 4.78 is 16.8. The highest BCUT2D eigenvalue weighted by molar-refractivity contribution is 6.33. The van der Waals surface area contributed by atoms with Crippen LogP contribution in [0, 0.1) is 0 Å². The van der Waals surface area contributed by atoms with Crippen LogP contribution in [0.2, 0.25) is 5.02 Å². The first-order valence-corrected chi connectivity index (χ1v) is 14.0. The van der Waals surface area contributed by atoms with E-state index in [1.54, 1.807) is 0 Å². The van der Waals surface area contributed by atoms with Crippen LogP contribution in [0.4, 0.5) is 10.5 Å². The molecule has 0 unspecified atom stereocenters. The van der Waals surface area contributed by atoms with Crippen molar-refractivity contribution in [2.24, 2.45) is 0 Å². The number of anilines is 1. The number of ether oxygens (including phenoxy) is 3. The number of rotatable bonds is 7. The minimum Gasteiger partial charge on any atom is -0.492 e. The molecule has 1 aliphatic carbocycles. The van der Waals surface area contributed by atoms with Gasteiger partial charge >= 0.3 is 6.03 Å². The van der Waals surface area contributed by atoms with Crippen LogP contribution in [-0.4, -0.2) is 91.9 Å². The molecule has 2 aliphatic heterocycles. The highest BCUT2D eigenvalue weighted by Gasteiger charge is 2.32. The van der Waals surface area contributed by atoms with Crippen molar-refractivity contribution in [1.29, 1.82) is 0 Å². The molecule has 11 heteroatoms. The molecule has 210 valence electrons. The van der Waals surface area contributed by atoms with Gasteiger partial charge in [-0.05, 0) is 36.8 Å². The fourth-order valence-electron chi connectivity index (χ4n) is 5.43. The molecule has 0 spiro atoms. The smallest absolute Gasteiger partial charge is 0.333 e. The van der Waals surface area contributed by atoms with Crippen LogP contribution in [0.15, 0.2) is 42.5 Å². The van der Waals surface area contributed by atoms with Gasteiger partial charge in [0.15, 0.2) is 0 Å². The minimum atomic E-state index is -0.288. The van der Waals surface area contributed by atoms with Gasteiger partial charge in [-0.25, -0.2) is 9.80 Å². The Morgan fingerprint density at radius 3 is 2.60 bits per heavy atom. The van der Waals surface area contributed by atoms with Crippen LogP contribution in [0.1, 0.15) is 18.1 Å². The topological polar surface area (TPSA) is 104 Å². The highest BCUT2D eigenvalue weighted by Crippen LogP contribution is 2.50. The molecule has 10 nitrogen and oxygen atoms in total. The van der Waals surface area contributed by atoms with Crippen molar-refractivity contribution in [2.75, 3.05) is 71.1 Å². The standard InChI is InChI=1S/C29H33ClN6O4/c1-2-20-25-22(4-3-5-24(25)31-29(37)34-36-11-15-39-16-12-36)28-26(20)27(32-33-28)21-7-6-19(18-23(21)30)40-17-10-35-8-13-38-14-9-35/h2-7,18H,8-17H2,1H3,(H,32,33)(H2,31,34,37)/b20-2-. The average Bonchev–Trinajstić information content (AvgIpc) is 3.53. The van der Waals surface area contributed by atoms with Gasteiger partial charge in [-0.2, -0.15) is 5.10 Å². The van der Waals surface area contributed by atoms with Crippen molar-refractivity contribution < 1.29 is 19.0 Å². The molecule has 3 N–H and O–H groups in total. The number of nitrogens with one attached hydrogen (secondary N) is 3. The lowest BCUT2D eigenvalue weighted by Crippen LogP contribution is -2.49. The van der Waals surface area contributed by atoms with Crippen LogP contribution in [-0.2, 0) is 9.47 Å². The van der Waals surface area contributed by atoms with E-state index in [4.69, 9.17) is 25.8 Å². The molecule has 2 amide bonds. The maximum absolute atomic E-state index is 12.8. The zero-order valence-electron chi connectivity index (χ0n) is 22.5. The third-order valence-corrected chi connectivity index (χ3v) is 7.73. The highest BCUT2D eigenvalue weighted by atomic mass is 35.5. The van der Waals surface area contributed by atoms with Gasteiger partial charge in [0.1, 0.15) is 18.1 Å². The second-order valence-electron chi connectivity index (χ2n) is 9.86. The summed E-state index contributed by atoms with van der Waals surface area (Å²) >= 11 is 6.79. The Labute approximate surface area is 238 Å². The number of hydrogen-bond donors (Lipinski definition) is 3. The van der Waals surface area contributed by atoms with Crippen molar-refractivity contribution in [2.45, 2.75) is 6.92 Å². The van der Waals surface area contributed by atoms with Crippen molar-refractivity contribution in [3.8, 4) is 28.3 Å². The van der Waals surface area contributed by atoms with Crippen molar-refractivity contribution in [3.05, 3.63) is 58.6 Å². The number of benzene rings is 2. The second kappa shape index (κ2) is 12.0. The Balaban J connectivity index is 1.20. The van der Waals surface area contributed by atoms with Gasteiger partial charge in [-0.3, -0.25) is 15.4 Å². The molecule has 0 radical (unpaired) electrons. The quantitative estimate of drug-likeness (QED) is 0.308. The predicted molar refractivity (Wildman–Crippen MR) is 155 cm³/mol. The summed E-state index contributed by atoms with van der Waals surface area (Å²) in [5.74, 6) is 0.727. The van der Waals surface area contributed by atoms with Gasteiger partial charge in [-0.1, -0.05) is 29.8 Å². The summed E-state index contributed by atoms with van der Waals surface area (Å²) in [4.78, 5) is 15.2. The van der Waals surface area contributed by atoms with E-state index >= 15 is 0 Å². The van der Waals surface area contributed by atoms with Crippen LogP contribution in [0.25, 0.3) is 28.1 Å². The molecule has 3 aromatic rings. The van der Waals surface area contributed by atoms with Gasteiger partial charge in [0.25, 0.3) is 0 Å². The van der Waals surface area contributed by atoms with E-state index in [0.29, 0.717) is 37.9 Å². The SMILES string of the molecule is C/C=C1/c2c(NC(=O)NN3CCOCC3)cccc2-c2n[nH]c(-c3ccc(OCCN4CCOCC4)cc3Cl)c21.